The van der Waals surface area contributed by atoms with Crippen LogP contribution >= 0.6 is 34.8 Å². The van der Waals surface area contributed by atoms with Gasteiger partial charge in [-0.05, 0) is 43.2 Å². The normalized spacial score (nSPS) is 16.7. The van der Waals surface area contributed by atoms with Crippen LogP contribution in [0.1, 0.15) is 34.3 Å². The van der Waals surface area contributed by atoms with E-state index in [1.54, 1.807) is 30.3 Å². The highest BCUT2D eigenvalue weighted by atomic mass is 35.5. The minimum atomic E-state index is -1.40. The first-order valence-corrected chi connectivity index (χ1v) is 13.4. The van der Waals surface area contributed by atoms with Crippen LogP contribution < -0.4 is 9.64 Å². The molecule has 3 aromatic rings. The lowest BCUT2D eigenvalue weighted by molar-refractivity contribution is 0.00670. The van der Waals surface area contributed by atoms with Gasteiger partial charge < -0.3 is 25.0 Å². The first-order chi connectivity index (χ1) is 19.0. The SMILES string of the molecule is N=C(/C(COc1ccc(C2(O)CN(c3ncc(C(=O)O)cc3F)C2)c(Cl)c1)=C(\O)C1CC1)c1c(Cl)cccc1Cl. The first-order valence-electron chi connectivity index (χ1n) is 12.2. The number of anilines is 1. The van der Waals surface area contributed by atoms with Crippen LogP contribution in [-0.4, -0.2) is 51.7 Å². The number of allylic oxidation sites excluding steroid dienone is 1. The summed E-state index contributed by atoms with van der Waals surface area (Å²) in [5.41, 5.74) is -0.756. The Hall–Kier alpha value is -3.37. The number of pyridine rings is 1. The lowest BCUT2D eigenvalue weighted by Crippen LogP contribution is -2.60. The molecule has 12 heteroatoms. The first kappa shape index (κ1) is 28.2. The molecule has 1 saturated heterocycles. The monoisotopic (exact) mass is 605 g/mol. The summed E-state index contributed by atoms with van der Waals surface area (Å²) < 4.78 is 20.3. The number of halogens is 4. The number of carboxylic acids is 1. The number of aliphatic hydroxyl groups excluding tert-OH is 1. The summed E-state index contributed by atoms with van der Waals surface area (Å²) in [5, 5.41) is 40.4. The molecule has 208 valence electrons. The molecule has 1 saturated carbocycles. The third-order valence-electron chi connectivity index (χ3n) is 6.89. The standard InChI is InChI=1S/C28H23Cl3FN3O5/c29-19-2-1-3-20(30)23(19)24(33)17(25(36)14-4-5-14)11-40-16-6-7-18(21(31)9-16)28(39)12-35(13-28)26-22(32)8-15(10-34-26)27(37)38/h1-3,6-10,14,33,36,39H,4-5,11-13H2,(H,37,38)/b25-17-,33-24?. The molecule has 2 aromatic carbocycles. The van der Waals surface area contributed by atoms with Gasteiger partial charge >= 0.3 is 5.97 Å². The Balaban J connectivity index is 1.30. The van der Waals surface area contributed by atoms with Crippen molar-refractivity contribution in [1.29, 1.82) is 5.41 Å². The number of hydrogen-bond donors (Lipinski definition) is 4. The van der Waals surface area contributed by atoms with Crippen molar-refractivity contribution < 1.29 is 29.2 Å². The molecule has 0 atom stereocenters. The molecule has 0 amide bonds. The van der Waals surface area contributed by atoms with Crippen LogP contribution in [0.2, 0.25) is 15.1 Å². The number of aliphatic hydroxyl groups is 2. The maximum atomic E-state index is 14.4. The highest BCUT2D eigenvalue weighted by molar-refractivity contribution is 6.41. The highest BCUT2D eigenvalue weighted by Crippen LogP contribution is 2.41. The number of aromatic carboxylic acids is 1. The fraction of sp³-hybridized carbons (Fsp3) is 0.250. The van der Waals surface area contributed by atoms with Crippen LogP contribution in [0.25, 0.3) is 0 Å². The van der Waals surface area contributed by atoms with Crippen molar-refractivity contribution in [2.24, 2.45) is 5.92 Å². The van der Waals surface area contributed by atoms with Crippen LogP contribution in [0, 0.1) is 17.1 Å². The van der Waals surface area contributed by atoms with Crippen molar-refractivity contribution in [3.8, 4) is 5.75 Å². The maximum Gasteiger partial charge on any atom is 0.337 e. The minimum absolute atomic E-state index is 0.0127. The molecule has 0 bridgehead atoms. The number of aromatic nitrogens is 1. The van der Waals surface area contributed by atoms with Crippen LogP contribution in [0.5, 0.6) is 5.75 Å². The van der Waals surface area contributed by atoms with E-state index in [0.29, 0.717) is 16.9 Å². The summed E-state index contributed by atoms with van der Waals surface area (Å²) in [7, 11) is 0. The topological polar surface area (TPSA) is 127 Å². The predicted molar refractivity (Wildman–Crippen MR) is 150 cm³/mol. The second-order valence-electron chi connectivity index (χ2n) is 9.76. The molecule has 1 aromatic heterocycles. The third kappa shape index (κ3) is 5.47. The molecule has 1 aliphatic heterocycles. The quantitative estimate of drug-likeness (QED) is 0.167. The number of benzene rings is 2. The van der Waals surface area contributed by atoms with Gasteiger partial charge in [-0.1, -0.05) is 46.9 Å². The Kier molecular flexibility index (Phi) is 7.67. The lowest BCUT2D eigenvalue weighted by atomic mass is 9.86. The van der Waals surface area contributed by atoms with Crippen LogP contribution in [-0.2, 0) is 5.60 Å². The Labute approximate surface area is 243 Å². The number of hydrogen-bond acceptors (Lipinski definition) is 7. The highest BCUT2D eigenvalue weighted by Gasteiger charge is 2.45. The smallest absolute Gasteiger partial charge is 0.337 e. The number of rotatable bonds is 9. The molecule has 2 fully saturated rings. The summed E-state index contributed by atoms with van der Waals surface area (Å²) >= 11 is 19.1. The van der Waals surface area contributed by atoms with Gasteiger partial charge in [0.1, 0.15) is 23.7 Å². The van der Waals surface area contributed by atoms with Crippen LogP contribution in [0.3, 0.4) is 0 Å². The molecule has 0 radical (unpaired) electrons. The molecule has 0 spiro atoms. The Morgan fingerprint density at radius 1 is 1.10 bits per heavy atom. The van der Waals surface area contributed by atoms with E-state index in [1.807, 2.05) is 0 Å². The predicted octanol–water partition coefficient (Wildman–Crippen LogP) is 6.26. The summed E-state index contributed by atoms with van der Waals surface area (Å²) in [6.07, 6.45) is 2.66. The van der Waals surface area contributed by atoms with E-state index in [-0.39, 0.29) is 69.1 Å². The summed E-state index contributed by atoms with van der Waals surface area (Å²) in [6, 6.07) is 10.5. The van der Waals surface area contributed by atoms with Crippen molar-refractivity contribution in [1.82, 2.24) is 4.98 Å². The number of β-amino-alcohol motifs (C(OH)–C–C–N with tert-alkyl or cyclic N) is 1. The zero-order valence-electron chi connectivity index (χ0n) is 20.8. The molecule has 2 aliphatic rings. The molecular formula is C28H23Cl3FN3O5. The summed E-state index contributed by atoms with van der Waals surface area (Å²) in [4.78, 5) is 16.4. The van der Waals surface area contributed by atoms with E-state index in [1.165, 1.54) is 11.0 Å². The van der Waals surface area contributed by atoms with Crippen molar-refractivity contribution in [2.75, 3.05) is 24.6 Å². The zero-order valence-corrected chi connectivity index (χ0v) is 23.1. The van der Waals surface area contributed by atoms with Gasteiger partial charge in [0.25, 0.3) is 0 Å². The second-order valence-corrected chi connectivity index (χ2v) is 11.0. The lowest BCUT2D eigenvalue weighted by Gasteiger charge is -2.47. The third-order valence-corrected chi connectivity index (χ3v) is 7.83. The molecule has 5 rings (SSSR count). The molecule has 1 aliphatic carbocycles. The molecule has 40 heavy (non-hydrogen) atoms. The van der Waals surface area contributed by atoms with E-state index < -0.39 is 17.4 Å². The Bertz CT molecular complexity index is 1530. The van der Waals surface area contributed by atoms with Gasteiger partial charge in [0.05, 0.1) is 45.0 Å². The molecule has 0 unspecified atom stereocenters. The largest absolute Gasteiger partial charge is 0.512 e. The zero-order chi connectivity index (χ0) is 28.8. The van der Waals surface area contributed by atoms with E-state index in [9.17, 15) is 19.4 Å². The average Bonchev–Trinajstić information content (AvgIpc) is 3.72. The second kappa shape index (κ2) is 10.9. The van der Waals surface area contributed by atoms with E-state index >= 15 is 0 Å². The van der Waals surface area contributed by atoms with E-state index in [2.05, 4.69) is 4.98 Å². The number of nitrogens with zero attached hydrogens (tertiary/aromatic N) is 2. The maximum absolute atomic E-state index is 14.4. The van der Waals surface area contributed by atoms with Crippen molar-refractivity contribution in [3.05, 3.63) is 97.6 Å². The Morgan fingerprint density at radius 3 is 2.35 bits per heavy atom. The van der Waals surface area contributed by atoms with Gasteiger partial charge in [0, 0.05) is 23.2 Å². The summed E-state index contributed by atoms with van der Waals surface area (Å²) in [5.74, 6) is -1.82. The van der Waals surface area contributed by atoms with Gasteiger partial charge in [-0.15, -0.1) is 0 Å². The number of carbonyl (C=O) groups is 1. The van der Waals surface area contributed by atoms with Crippen molar-refractivity contribution >= 4 is 52.3 Å². The minimum Gasteiger partial charge on any atom is -0.512 e. The fourth-order valence-corrected chi connectivity index (χ4v) is 5.50. The van der Waals surface area contributed by atoms with Crippen molar-refractivity contribution in [2.45, 2.75) is 18.4 Å². The van der Waals surface area contributed by atoms with E-state index in [0.717, 1.165) is 25.1 Å². The molecule has 8 nitrogen and oxygen atoms in total. The van der Waals surface area contributed by atoms with Gasteiger partial charge in [0.2, 0.25) is 0 Å². The van der Waals surface area contributed by atoms with Gasteiger partial charge in [-0.25, -0.2) is 14.2 Å². The Morgan fingerprint density at radius 2 is 1.77 bits per heavy atom. The summed E-state index contributed by atoms with van der Waals surface area (Å²) in [6.45, 7) is -0.171. The average molecular weight is 607 g/mol. The number of ether oxygens (including phenoxy) is 1. The molecular weight excluding hydrogens is 584 g/mol. The van der Waals surface area contributed by atoms with Gasteiger partial charge in [-0.3, -0.25) is 5.41 Å². The van der Waals surface area contributed by atoms with Crippen molar-refractivity contribution in [3.63, 3.8) is 0 Å². The van der Waals surface area contributed by atoms with Gasteiger partial charge in [0.15, 0.2) is 11.6 Å². The number of carboxylic acid groups (broad SMARTS) is 1. The molecule has 4 N–H and O–H groups in total. The fourth-order valence-electron chi connectivity index (χ4n) is 4.57. The molecule has 2 heterocycles. The van der Waals surface area contributed by atoms with Gasteiger partial charge in [-0.2, -0.15) is 0 Å². The van der Waals surface area contributed by atoms with Crippen LogP contribution in [0.15, 0.2) is 60.0 Å². The number of nitrogens with one attached hydrogen (secondary N) is 1. The van der Waals surface area contributed by atoms with Crippen LogP contribution in [0.4, 0.5) is 10.2 Å². The van der Waals surface area contributed by atoms with E-state index in [4.69, 9.17) is 50.1 Å².